The average molecular weight is 276 g/mol. The van der Waals surface area contributed by atoms with Gasteiger partial charge in [0.15, 0.2) is 11.6 Å². The minimum absolute atomic E-state index is 0.199. The second-order valence-corrected chi connectivity index (χ2v) is 4.56. The Morgan fingerprint density at radius 1 is 1.35 bits per heavy atom. The lowest BCUT2D eigenvalue weighted by molar-refractivity contribution is 0.0693. The molecule has 0 aromatic carbocycles. The first-order valence-electron chi connectivity index (χ1n) is 5.39. The summed E-state index contributed by atoms with van der Waals surface area (Å²) in [5.41, 5.74) is 0.645. The number of morpholine rings is 1. The van der Waals surface area contributed by atoms with E-state index in [1.165, 1.54) is 0 Å². The lowest BCUT2D eigenvalue weighted by atomic mass is 10.2. The lowest BCUT2D eigenvalue weighted by Gasteiger charge is -2.40. The highest BCUT2D eigenvalue weighted by molar-refractivity contribution is 6.28. The number of aromatic nitrogens is 2. The van der Waals surface area contributed by atoms with Crippen molar-refractivity contribution in [2.24, 2.45) is 0 Å². The number of rotatable bonds is 1. The third kappa shape index (κ3) is 1.92. The number of fused-ring (bicyclic) bond motifs is 3. The SMILES string of the molecule is ClCc1nc(Cl)nc2c1OCC1COCCN21. The van der Waals surface area contributed by atoms with Gasteiger partial charge in [-0.05, 0) is 11.6 Å². The molecule has 0 bridgehead atoms. The molecule has 17 heavy (non-hydrogen) atoms. The number of alkyl halides is 1. The first-order valence-corrected chi connectivity index (χ1v) is 6.30. The summed E-state index contributed by atoms with van der Waals surface area (Å²) in [7, 11) is 0. The Bertz CT molecular complexity index is 444. The highest BCUT2D eigenvalue weighted by atomic mass is 35.5. The Morgan fingerprint density at radius 3 is 3.06 bits per heavy atom. The van der Waals surface area contributed by atoms with E-state index in [4.69, 9.17) is 32.7 Å². The average Bonchev–Trinajstić information content (AvgIpc) is 2.37. The van der Waals surface area contributed by atoms with Gasteiger partial charge in [0.2, 0.25) is 5.28 Å². The Hall–Kier alpha value is -0.780. The fourth-order valence-corrected chi connectivity index (χ4v) is 2.50. The predicted octanol–water partition coefficient (Wildman–Crippen LogP) is 1.47. The van der Waals surface area contributed by atoms with Crippen LogP contribution in [-0.4, -0.2) is 42.4 Å². The van der Waals surface area contributed by atoms with Gasteiger partial charge in [0.1, 0.15) is 12.3 Å². The zero-order valence-corrected chi connectivity index (χ0v) is 10.5. The number of halogens is 2. The molecule has 0 spiro atoms. The summed E-state index contributed by atoms with van der Waals surface area (Å²) in [4.78, 5) is 10.5. The molecule has 1 aromatic heterocycles. The third-order valence-electron chi connectivity index (χ3n) is 2.94. The largest absolute Gasteiger partial charge is 0.486 e. The zero-order valence-electron chi connectivity index (χ0n) is 9.03. The molecule has 1 unspecified atom stereocenters. The molecular weight excluding hydrogens is 265 g/mol. The summed E-state index contributed by atoms with van der Waals surface area (Å²) in [6, 6.07) is 0.199. The van der Waals surface area contributed by atoms with Gasteiger partial charge in [-0.3, -0.25) is 0 Å². The monoisotopic (exact) mass is 275 g/mol. The van der Waals surface area contributed by atoms with Crippen molar-refractivity contribution in [2.45, 2.75) is 11.9 Å². The predicted molar refractivity (Wildman–Crippen MR) is 64.0 cm³/mol. The molecule has 2 aliphatic rings. The van der Waals surface area contributed by atoms with Crippen molar-refractivity contribution >= 4 is 29.0 Å². The van der Waals surface area contributed by atoms with E-state index in [0.29, 0.717) is 31.3 Å². The van der Waals surface area contributed by atoms with E-state index in [1.54, 1.807) is 0 Å². The maximum atomic E-state index is 5.90. The summed E-state index contributed by atoms with van der Waals surface area (Å²) in [6.45, 7) is 2.70. The van der Waals surface area contributed by atoms with Crippen molar-refractivity contribution < 1.29 is 9.47 Å². The Kier molecular flexibility index (Phi) is 2.98. The molecule has 1 saturated heterocycles. The van der Waals surface area contributed by atoms with E-state index in [0.717, 1.165) is 12.4 Å². The number of hydrogen-bond donors (Lipinski definition) is 0. The van der Waals surface area contributed by atoms with Gasteiger partial charge in [0, 0.05) is 6.54 Å². The first kappa shape index (κ1) is 11.3. The molecule has 7 heteroatoms. The van der Waals surface area contributed by atoms with E-state index in [-0.39, 0.29) is 17.2 Å². The highest BCUT2D eigenvalue weighted by Crippen LogP contribution is 2.36. The van der Waals surface area contributed by atoms with Crippen LogP contribution >= 0.6 is 23.2 Å². The van der Waals surface area contributed by atoms with Crippen molar-refractivity contribution in [2.75, 3.05) is 31.3 Å². The van der Waals surface area contributed by atoms with E-state index in [2.05, 4.69) is 14.9 Å². The maximum Gasteiger partial charge on any atom is 0.224 e. The van der Waals surface area contributed by atoms with E-state index < -0.39 is 0 Å². The molecule has 1 fully saturated rings. The van der Waals surface area contributed by atoms with Crippen molar-refractivity contribution in [1.82, 2.24) is 9.97 Å². The molecule has 92 valence electrons. The van der Waals surface area contributed by atoms with Crippen molar-refractivity contribution in [3.8, 4) is 5.75 Å². The molecule has 0 radical (unpaired) electrons. The summed E-state index contributed by atoms with van der Waals surface area (Å²) in [5, 5.41) is 0.204. The summed E-state index contributed by atoms with van der Waals surface area (Å²) < 4.78 is 11.1. The number of hydrogen-bond acceptors (Lipinski definition) is 5. The van der Waals surface area contributed by atoms with Gasteiger partial charge in [-0.2, -0.15) is 4.98 Å². The molecule has 0 aliphatic carbocycles. The fraction of sp³-hybridized carbons (Fsp3) is 0.600. The van der Waals surface area contributed by atoms with Gasteiger partial charge >= 0.3 is 0 Å². The van der Waals surface area contributed by atoms with Crippen LogP contribution in [0.15, 0.2) is 0 Å². The molecule has 1 aromatic rings. The van der Waals surface area contributed by atoms with Gasteiger partial charge in [-0.25, -0.2) is 4.98 Å². The van der Waals surface area contributed by atoms with E-state index in [1.807, 2.05) is 0 Å². The van der Waals surface area contributed by atoms with Gasteiger partial charge in [0.05, 0.1) is 25.1 Å². The van der Waals surface area contributed by atoms with Crippen molar-refractivity contribution in [3.05, 3.63) is 11.0 Å². The molecule has 1 atom stereocenters. The molecule has 3 heterocycles. The first-order chi connectivity index (χ1) is 8.29. The molecular formula is C10H11Cl2N3O2. The second kappa shape index (κ2) is 4.48. The van der Waals surface area contributed by atoms with Gasteiger partial charge in [0.25, 0.3) is 0 Å². The summed E-state index contributed by atoms with van der Waals surface area (Å²) in [5.74, 6) is 1.65. The smallest absolute Gasteiger partial charge is 0.224 e. The van der Waals surface area contributed by atoms with Crippen LogP contribution in [-0.2, 0) is 10.6 Å². The maximum absolute atomic E-state index is 5.90. The minimum Gasteiger partial charge on any atom is -0.486 e. The van der Waals surface area contributed by atoms with Crippen molar-refractivity contribution in [3.63, 3.8) is 0 Å². The van der Waals surface area contributed by atoms with Gasteiger partial charge in [-0.1, -0.05) is 0 Å². The zero-order chi connectivity index (χ0) is 11.8. The van der Waals surface area contributed by atoms with Crippen LogP contribution in [0.4, 0.5) is 5.82 Å². The lowest BCUT2D eigenvalue weighted by Crippen LogP contribution is -2.51. The molecule has 5 nitrogen and oxygen atoms in total. The van der Waals surface area contributed by atoms with Crippen LogP contribution in [0.1, 0.15) is 5.69 Å². The summed E-state index contributed by atoms with van der Waals surface area (Å²) >= 11 is 11.7. The number of nitrogens with zero attached hydrogens (tertiary/aromatic N) is 3. The van der Waals surface area contributed by atoms with Gasteiger partial charge in [-0.15, -0.1) is 11.6 Å². The van der Waals surface area contributed by atoms with E-state index in [9.17, 15) is 0 Å². The van der Waals surface area contributed by atoms with Crippen molar-refractivity contribution in [1.29, 1.82) is 0 Å². The Balaban J connectivity index is 2.06. The minimum atomic E-state index is 0.199. The van der Waals surface area contributed by atoms with Crippen LogP contribution in [0.5, 0.6) is 5.75 Å². The quantitative estimate of drug-likeness (QED) is 0.574. The second-order valence-electron chi connectivity index (χ2n) is 3.96. The topological polar surface area (TPSA) is 47.5 Å². The standard InChI is InChI=1S/C10H11Cl2N3O2/c11-3-7-8-9(14-10(12)13-7)15-1-2-16-4-6(15)5-17-8/h6H,1-5H2. The van der Waals surface area contributed by atoms with Crippen LogP contribution in [0.2, 0.25) is 5.28 Å². The van der Waals surface area contributed by atoms with Crippen LogP contribution in [0.3, 0.4) is 0 Å². The summed E-state index contributed by atoms with van der Waals surface area (Å²) in [6.07, 6.45) is 0. The van der Waals surface area contributed by atoms with Crippen LogP contribution in [0.25, 0.3) is 0 Å². The normalized spacial score (nSPS) is 22.7. The molecule has 0 amide bonds. The Morgan fingerprint density at radius 2 is 2.24 bits per heavy atom. The molecule has 2 aliphatic heterocycles. The van der Waals surface area contributed by atoms with Crippen LogP contribution in [0, 0.1) is 0 Å². The fourth-order valence-electron chi connectivity index (χ4n) is 2.14. The van der Waals surface area contributed by atoms with E-state index >= 15 is 0 Å². The van der Waals surface area contributed by atoms with Gasteiger partial charge < -0.3 is 14.4 Å². The number of ether oxygens (including phenoxy) is 2. The molecule has 0 N–H and O–H groups in total. The highest BCUT2D eigenvalue weighted by Gasteiger charge is 2.33. The molecule has 0 saturated carbocycles. The van der Waals surface area contributed by atoms with Crippen LogP contribution < -0.4 is 9.64 Å². The number of anilines is 1. The Labute approximate surface area is 109 Å². The third-order valence-corrected chi connectivity index (χ3v) is 3.36. The molecule has 3 rings (SSSR count).